The molecule has 5 nitrogen and oxygen atoms in total. The summed E-state index contributed by atoms with van der Waals surface area (Å²) in [7, 11) is 3.14. The Morgan fingerprint density at radius 2 is 1.81 bits per heavy atom. The zero-order valence-electron chi connectivity index (χ0n) is 17.5. The first-order chi connectivity index (χ1) is 15.0. The lowest BCUT2D eigenvalue weighted by molar-refractivity contribution is 0.0989. The number of halogens is 1. The second kappa shape index (κ2) is 7.43. The van der Waals surface area contributed by atoms with Crippen molar-refractivity contribution in [2.45, 2.75) is 19.4 Å². The van der Waals surface area contributed by atoms with Crippen molar-refractivity contribution in [3.8, 4) is 11.5 Å². The first-order valence-corrected chi connectivity index (χ1v) is 10.4. The van der Waals surface area contributed by atoms with Crippen LogP contribution in [-0.2, 0) is 0 Å². The molecular formula is C25H21ClN2O3. The molecule has 0 saturated carbocycles. The Bertz CT molecular complexity index is 1230. The summed E-state index contributed by atoms with van der Waals surface area (Å²) in [4.78, 5) is 20.5. The highest BCUT2D eigenvalue weighted by Gasteiger charge is 2.43. The van der Waals surface area contributed by atoms with Gasteiger partial charge in [0.15, 0.2) is 11.5 Å². The van der Waals surface area contributed by atoms with E-state index in [-0.39, 0.29) is 11.9 Å². The molecule has 0 aromatic heterocycles. The largest absolute Gasteiger partial charge is 0.493 e. The summed E-state index contributed by atoms with van der Waals surface area (Å²) in [5.41, 5.74) is 6.01. The van der Waals surface area contributed by atoms with Gasteiger partial charge >= 0.3 is 0 Å². The Labute approximate surface area is 185 Å². The standard InChI is InChI=1S/C25H21ClN2O3/c1-14-4-10-20-19(12-14)27-18(15-5-7-16(26)8-6-15)13-21-17-9-11-22(30-2)24(31-3)23(17)25(29)28(20)21/h4-12,21H,13H2,1-3H3. The number of anilines is 1. The van der Waals surface area contributed by atoms with Gasteiger partial charge in [0.2, 0.25) is 0 Å². The number of carbonyl (C=O) groups is 1. The van der Waals surface area contributed by atoms with Crippen molar-refractivity contribution in [1.82, 2.24) is 0 Å². The number of methoxy groups -OCH3 is 2. The third kappa shape index (κ3) is 3.08. The minimum absolute atomic E-state index is 0.103. The lowest BCUT2D eigenvalue weighted by atomic mass is 9.96. The molecule has 3 aromatic rings. The summed E-state index contributed by atoms with van der Waals surface area (Å²) in [5.74, 6) is 0.910. The van der Waals surface area contributed by atoms with E-state index in [1.54, 1.807) is 14.2 Å². The summed E-state index contributed by atoms with van der Waals surface area (Å²) in [6.45, 7) is 2.02. The molecule has 3 aromatic carbocycles. The fraction of sp³-hybridized carbons (Fsp3) is 0.200. The van der Waals surface area contributed by atoms with Crippen LogP contribution in [0.25, 0.3) is 0 Å². The average Bonchev–Trinajstić information content (AvgIpc) is 2.94. The Morgan fingerprint density at radius 1 is 1.03 bits per heavy atom. The fourth-order valence-corrected chi connectivity index (χ4v) is 4.57. The molecule has 1 atom stereocenters. The Hall–Kier alpha value is -3.31. The first kappa shape index (κ1) is 19.6. The molecule has 31 heavy (non-hydrogen) atoms. The van der Waals surface area contributed by atoms with Gasteiger partial charge in [0, 0.05) is 11.4 Å². The summed E-state index contributed by atoms with van der Waals surface area (Å²) in [5, 5.41) is 0.675. The van der Waals surface area contributed by atoms with E-state index in [9.17, 15) is 4.79 Å². The molecule has 2 aliphatic heterocycles. The van der Waals surface area contributed by atoms with Gasteiger partial charge in [0.25, 0.3) is 5.91 Å². The summed E-state index contributed by atoms with van der Waals surface area (Å²) >= 11 is 6.10. The maximum absolute atomic E-state index is 13.7. The number of aryl methyl sites for hydroxylation is 1. The first-order valence-electron chi connectivity index (χ1n) is 10.0. The number of benzene rings is 3. The van der Waals surface area contributed by atoms with Crippen LogP contribution in [0.3, 0.4) is 0 Å². The minimum atomic E-state index is -0.194. The Morgan fingerprint density at radius 3 is 2.52 bits per heavy atom. The second-order valence-corrected chi connectivity index (χ2v) is 8.15. The van der Waals surface area contributed by atoms with Crippen molar-refractivity contribution in [2.24, 2.45) is 4.99 Å². The van der Waals surface area contributed by atoms with Gasteiger partial charge in [-0.3, -0.25) is 14.7 Å². The van der Waals surface area contributed by atoms with Crippen LogP contribution in [0.15, 0.2) is 59.6 Å². The highest BCUT2D eigenvalue weighted by Crippen LogP contribution is 2.50. The number of rotatable bonds is 3. The van der Waals surface area contributed by atoms with E-state index >= 15 is 0 Å². The van der Waals surface area contributed by atoms with Crippen molar-refractivity contribution >= 4 is 34.6 Å². The molecule has 5 rings (SSSR count). The van der Waals surface area contributed by atoms with Gasteiger partial charge in [-0.1, -0.05) is 35.9 Å². The van der Waals surface area contributed by atoms with Crippen LogP contribution in [0.4, 0.5) is 11.4 Å². The molecule has 156 valence electrons. The van der Waals surface area contributed by atoms with Gasteiger partial charge < -0.3 is 9.47 Å². The number of carbonyl (C=O) groups excluding carboxylic acids is 1. The van der Waals surface area contributed by atoms with Crippen LogP contribution in [0.1, 0.15) is 39.5 Å². The van der Waals surface area contributed by atoms with E-state index in [4.69, 9.17) is 26.1 Å². The molecule has 0 aliphatic carbocycles. The highest BCUT2D eigenvalue weighted by molar-refractivity contribution is 6.30. The zero-order valence-corrected chi connectivity index (χ0v) is 18.2. The van der Waals surface area contributed by atoms with Crippen molar-refractivity contribution < 1.29 is 14.3 Å². The zero-order chi connectivity index (χ0) is 21.7. The van der Waals surface area contributed by atoms with Gasteiger partial charge in [0.1, 0.15) is 0 Å². The number of aliphatic imine (C=N–C) groups is 1. The minimum Gasteiger partial charge on any atom is -0.493 e. The predicted molar refractivity (Wildman–Crippen MR) is 123 cm³/mol. The molecule has 0 spiro atoms. The van der Waals surface area contributed by atoms with Crippen LogP contribution in [0.2, 0.25) is 5.02 Å². The monoisotopic (exact) mass is 432 g/mol. The smallest absolute Gasteiger partial charge is 0.263 e. The van der Waals surface area contributed by atoms with E-state index in [0.29, 0.717) is 28.5 Å². The third-order valence-electron chi connectivity index (χ3n) is 5.89. The lowest BCUT2D eigenvalue weighted by Crippen LogP contribution is -2.28. The number of amides is 1. The van der Waals surface area contributed by atoms with Crippen molar-refractivity contribution in [3.63, 3.8) is 0 Å². The SMILES string of the molecule is COc1ccc2c(c1OC)C(=O)N1c3ccc(C)cc3N=C(c3ccc(Cl)cc3)CC21. The molecule has 0 bridgehead atoms. The highest BCUT2D eigenvalue weighted by atomic mass is 35.5. The fourth-order valence-electron chi connectivity index (χ4n) is 4.45. The van der Waals surface area contributed by atoms with Gasteiger partial charge in [0.05, 0.1) is 42.9 Å². The number of fused-ring (bicyclic) bond motifs is 5. The number of ether oxygens (including phenoxy) is 2. The van der Waals surface area contributed by atoms with E-state index in [1.807, 2.05) is 66.4 Å². The van der Waals surface area contributed by atoms with E-state index < -0.39 is 0 Å². The number of nitrogens with zero attached hydrogens (tertiary/aromatic N) is 2. The molecule has 0 radical (unpaired) electrons. The molecule has 2 aliphatic rings. The lowest BCUT2D eigenvalue weighted by Gasteiger charge is -2.24. The Kier molecular flexibility index (Phi) is 4.71. The second-order valence-electron chi connectivity index (χ2n) is 7.72. The van der Waals surface area contributed by atoms with E-state index in [1.165, 1.54) is 0 Å². The van der Waals surface area contributed by atoms with Crippen molar-refractivity contribution in [2.75, 3.05) is 19.1 Å². The average molecular weight is 433 g/mol. The Balaban J connectivity index is 1.73. The van der Waals surface area contributed by atoms with Gasteiger partial charge in [-0.05, 0) is 53.9 Å². The molecule has 2 heterocycles. The maximum Gasteiger partial charge on any atom is 0.263 e. The molecule has 1 amide bonds. The quantitative estimate of drug-likeness (QED) is 0.518. The van der Waals surface area contributed by atoms with Crippen LogP contribution >= 0.6 is 11.6 Å². The van der Waals surface area contributed by atoms with Crippen LogP contribution in [0, 0.1) is 6.92 Å². The third-order valence-corrected chi connectivity index (χ3v) is 6.14. The molecular weight excluding hydrogens is 412 g/mol. The summed E-state index contributed by atoms with van der Waals surface area (Å²) in [6, 6.07) is 17.3. The topological polar surface area (TPSA) is 51.1 Å². The van der Waals surface area contributed by atoms with E-state index in [0.717, 1.165) is 33.8 Å². The van der Waals surface area contributed by atoms with Crippen LogP contribution in [0.5, 0.6) is 11.5 Å². The molecule has 0 N–H and O–H groups in total. The van der Waals surface area contributed by atoms with Crippen LogP contribution in [-0.4, -0.2) is 25.8 Å². The molecule has 1 unspecified atom stereocenters. The summed E-state index contributed by atoms with van der Waals surface area (Å²) in [6.07, 6.45) is 0.573. The van der Waals surface area contributed by atoms with Crippen LogP contribution < -0.4 is 14.4 Å². The summed E-state index contributed by atoms with van der Waals surface area (Å²) < 4.78 is 11.0. The number of hydrogen-bond donors (Lipinski definition) is 0. The van der Waals surface area contributed by atoms with Crippen molar-refractivity contribution in [1.29, 1.82) is 0 Å². The normalized spacial score (nSPS) is 16.8. The van der Waals surface area contributed by atoms with Crippen molar-refractivity contribution in [3.05, 3.63) is 81.9 Å². The number of hydrogen-bond acceptors (Lipinski definition) is 4. The van der Waals surface area contributed by atoms with Gasteiger partial charge in [-0.25, -0.2) is 0 Å². The van der Waals surface area contributed by atoms with Gasteiger partial charge in [-0.2, -0.15) is 0 Å². The molecule has 0 fully saturated rings. The molecule has 6 heteroatoms. The van der Waals surface area contributed by atoms with E-state index in [2.05, 4.69) is 0 Å². The molecule has 0 saturated heterocycles. The van der Waals surface area contributed by atoms with Gasteiger partial charge in [-0.15, -0.1) is 0 Å². The maximum atomic E-state index is 13.7. The predicted octanol–water partition coefficient (Wildman–Crippen LogP) is 5.89.